The molecule has 0 aliphatic heterocycles. The van der Waals surface area contributed by atoms with Crippen LogP contribution in [0.25, 0.3) is 0 Å². The first kappa shape index (κ1) is 19.5. The molecular formula is C18H19NO6S. The van der Waals surface area contributed by atoms with Crippen LogP contribution in [-0.2, 0) is 14.3 Å². The van der Waals surface area contributed by atoms with E-state index >= 15 is 0 Å². The van der Waals surface area contributed by atoms with Gasteiger partial charge < -0.3 is 19.5 Å². The summed E-state index contributed by atoms with van der Waals surface area (Å²) in [6.45, 7) is 3.42. The van der Waals surface area contributed by atoms with Crippen LogP contribution < -0.4 is 10.1 Å². The zero-order valence-corrected chi connectivity index (χ0v) is 15.7. The summed E-state index contributed by atoms with van der Waals surface area (Å²) >= 11 is 1.30. The number of hydrogen-bond donors (Lipinski definition) is 1. The number of carbonyl (C=O) groups excluding carboxylic acids is 3. The summed E-state index contributed by atoms with van der Waals surface area (Å²) in [4.78, 5) is 36.3. The molecule has 0 aliphatic rings. The monoisotopic (exact) mass is 377 g/mol. The molecule has 1 N–H and O–H groups in total. The van der Waals surface area contributed by atoms with Crippen molar-refractivity contribution in [3.8, 4) is 5.75 Å². The predicted octanol–water partition coefficient (Wildman–Crippen LogP) is 2.96. The fraction of sp³-hybridized carbons (Fsp3) is 0.278. The van der Waals surface area contributed by atoms with Gasteiger partial charge in [-0.2, -0.15) is 0 Å². The molecule has 26 heavy (non-hydrogen) atoms. The number of methoxy groups -OCH3 is 2. The van der Waals surface area contributed by atoms with Crippen molar-refractivity contribution in [2.24, 2.45) is 0 Å². The van der Waals surface area contributed by atoms with Crippen molar-refractivity contribution in [2.45, 2.75) is 13.8 Å². The molecule has 0 unspecified atom stereocenters. The molecule has 0 fully saturated rings. The maximum Gasteiger partial charge on any atom is 0.341 e. The lowest BCUT2D eigenvalue weighted by atomic mass is 10.1. The van der Waals surface area contributed by atoms with E-state index < -0.39 is 17.8 Å². The zero-order valence-electron chi connectivity index (χ0n) is 14.9. The molecule has 138 valence electrons. The van der Waals surface area contributed by atoms with Gasteiger partial charge in [-0.15, -0.1) is 11.3 Å². The minimum atomic E-state index is -0.499. The summed E-state index contributed by atoms with van der Waals surface area (Å²) in [5.41, 5.74) is 1.51. The highest BCUT2D eigenvalue weighted by Gasteiger charge is 2.21. The van der Waals surface area contributed by atoms with Crippen molar-refractivity contribution in [1.82, 2.24) is 0 Å². The van der Waals surface area contributed by atoms with Crippen molar-refractivity contribution in [1.29, 1.82) is 0 Å². The van der Waals surface area contributed by atoms with Crippen molar-refractivity contribution >= 4 is 34.2 Å². The summed E-state index contributed by atoms with van der Waals surface area (Å²) < 4.78 is 14.8. The molecule has 2 rings (SSSR count). The molecule has 2 aromatic rings. The van der Waals surface area contributed by atoms with Crippen molar-refractivity contribution < 1.29 is 28.6 Å². The second kappa shape index (κ2) is 8.48. The summed E-state index contributed by atoms with van der Waals surface area (Å²) in [6.07, 6.45) is 0. The SMILES string of the molecule is COC(=O)c1ccc(OCC(=O)Nc2sc(C)c(C)c2C(=O)OC)cc1. The van der Waals surface area contributed by atoms with Crippen LogP contribution in [0.1, 0.15) is 31.2 Å². The van der Waals surface area contributed by atoms with Gasteiger partial charge in [0.05, 0.1) is 25.3 Å². The summed E-state index contributed by atoms with van der Waals surface area (Å²) in [5.74, 6) is -0.928. The van der Waals surface area contributed by atoms with Crippen LogP contribution in [0.3, 0.4) is 0 Å². The highest BCUT2D eigenvalue weighted by atomic mass is 32.1. The van der Waals surface area contributed by atoms with Crippen LogP contribution in [0.5, 0.6) is 5.75 Å². The Morgan fingerprint density at radius 3 is 2.19 bits per heavy atom. The Hall–Kier alpha value is -2.87. The van der Waals surface area contributed by atoms with E-state index in [0.717, 1.165) is 10.4 Å². The largest absolute Gasteiger partial charge is 0.484 e. The number of rotatable bonds is 6. The van der Waals surface area contributed by atoms with Gasteiger partial charge in [-0.1, -0.05) is 0 Å². The number of hydrogen-bond acceptors (Lipinski definition) is 7. The van der Waals surface area contributed by atoms with Gasteiger partial charge in [0.1, 0.15) is 10.8 Å². The van der Waals surface area contributed by atoms with Crippen LogP contribution in [0.4, 0.5) is 5.00 Å². The van der Waals surface area contributed by atoms with Crippen molar-refractivity contribution in [3.05, 3.63) is 45.8 Å². The first-order valence-corrected chi connectivity index (χ1v) is 8.48. The normalized spacial score (nSPS) is 10.2. The molecule has 0 atom stereocenters. The molecule has 1 aromatic carbocycles. The lowest BCUT2D eigenvalue weighted by molar-refractivity contribution is -0.118. The Kier molecular flexibility index (Phi) is 6.35. The molecule has 0 saturated heterocycles. The van der Waals surface area contributed by atoms with E-state index in [1.165, 1.54) is 25.6 Å². The number of ether oxygens (including phenoxy) is 3. The van der Waals surface area contributed by atoms with Crippen LogP contribution in [-0.4, -0.2) is 38.7 Å². The third-order valence-corrected chi connectivity index (χ3v) is 4.80. The summed E-state index contributed by atoms with van der Waals surface area (Å²) in [7, 11) is 2.59. The van der Waals surface area contributed by atoms with Gasteiger partial charge in [0.2, 0.25) is 0 Å². The van der Waals surface area contributed by atoms with Crippen molar-refractivity contribution in [2.75, 3.05) is 26.1 Å². The Morgan fingerprint density at radius 1 is 1.00 bits per heavy atom. The standard InChI is InChI=1S/C18H19NO6S/c1-10-11(2)26-16(15(10)18(22)24-4)19-14(20)9-25-13-7-5-12(6-8-13)17(21)23-3/h5-8H,9H2,1-4H3,(H,19,20). The van der Waals surface area contributed by atoms with Crippen LogP contribution in [0, 0.1) is 13.8 Å². The number of anilines is 1. The van der Waals surface area contributed by atoms with E-state index in [1.807, 2.05) is 6.92 Å². The molecule has 7 nitrogen and oxygen atoms in total. The number of nitrogens with one attached hydrogen (secondary N) is 1. The lowest BCUT2D eigenvalue weighted by Crippen LogP contribution is -2.21. The second-order valence-corrected chi connectivity index (χ2v) is 6.56. The first-order chi connectivity index (χ1) is 12.4. The van der Waals surface area contributed by atoms with E-state index in [4.69, 9.17) is 9.47 Å². The molecule has 0 radical (unpaired) electrons. The maximum absolute atomic E-state index is 12.1. The molecule has 0 bridgehead atoms. The second-order valence-electron chi connectivity index (χ2n) is 5.33. The average Bonchev–Trinajstić information content (AvgIpc) is 2.92. The Morgan fingerprint density at radius 2 is 1.62 bits per heavy atom. The highest BCUT2D eigenvalue weighted by molar-refractivity contribution is 7.16. The quantitative estimate of drug-likeness (QED) is 0.779. The van der Waals surface area contributed by atoms with Gasteiger partial charge in [-0.3, -0.25) is 4.79 Å². The number of aryl methyl sites for hydroxylation is 1. The first-order valence-electron chi connectivity index (χ1n) is 7.66. The lowest BCUT2D eigenvalue weighted by Gasteiger charge is -2.08. The zero-order chi connectivity index (χ0) is 19.3. The summed E-state index contributed by atoms with van der Waals surface area (Å²) in [6, 6.07) is 6.22. The van der Waals surface area contributed by atoms with Gasteiger partial charge >= 0.3 is 11.9 Å². The Bertz CT molecular complexity index is 825. The van der Waals surface area contributed by atoms with E-state index in [2.05, 4.69) is 10.1 Å². The van der Waals surface area contributed by atoms with Gasteiger partial charge in [0, 0.05) is 4.88 Å². The third-order valence-electron chi connectivity index (χ3n) is 3.67. The van der Waals surface area contributed by atoms with Crippen molar-refractivity contribution in [3.63, 3.8) is 0 Å². The molecule has 1 heterocycles. The number of amides is 1. The van der Waals surface area contributed by atoms with Gasteiger partial charge in [-0.25, -0.2) is 9.59 Å². The van der Waals surface area contributed by atoms with Gasteiger partial charge in [0.15, 0.2) is 6.61 Å². The molecule has 1 aromatic heterocycles. The maximum atomic E-state index is 12.1. The van der Waals surface area contributed by atoms with Gasteiger partial charge in [-0.05, 0) is 43.7 Å². The minimum Gasteiger partial charge on any atom is -0.484 e. The van der Waals surface area contributed by atoms with E-state index in [9.17, 15) is 14.4 Å². The van der Waals surface area contributed by atoms with Gasteiger partial charge in [0.25, 0.3) is 5.91 Å². The third kappa shape index (κ3) is 4.40. The molecule has 8 heteroatoms. The molecule has 1 amide bonds. The minimum absolute atomic E-state index is 0.242. The van der Waals surface area contributed by atoms with E-state index in [0.29, 0.717) is 21.9 Å². The highest BCUT2D eigenvalue weighted by Crippen LogP contribution is 2.32. The van der Waals surface area contributed by atoms with E-state index in [-0.39, 0.29) is 6.61 Å². The summed E-state index contributed by atoms with van der Waals surface area (Å²) in [5, 5.41) is 3.11. The number of benzene rings is 1. The molecular weight excluding hydrogens is 358 g/mol. The fourth-order valence-corrected chi connectivity index (χ4v) is 3.24. The van der Waals surface area contributed by atoms with Crippen LogP contribution >= 0.6 is 11.3 Å². The number of esters is 2. The van der Waals surface area contributed by atoms with Crippen LogP contribution in [0.15, 0.2) is 24.3 Å². The molecule has 0 spiro atoms. The Labute approximate surface area is 154 Å². The number of thiophene rings is 1. The molecule has 0 saturated carbocycles. The predicted molar refractivity (Wildman–Crippen MR) is 97.0 cm³/mol. The van der Waals surface area contributed by atoms with E-state index in [1.54, 1.807) is 31.2 Å². The number of carbonyl (C=O) groups is 3. The smallest absolute Gasteiger partial charge is 0.341 e. The molecule has 0 aliphatic carbocycles. The van der Waals surface area contributed by atoms with Crippen LogP contribution in [0.2, 0.25) is 0 Å². The fourth-order valence-electron chi connectivity index (χ4n) is 2.18. The average molecular weight is 377 g/mol. The topological polar surface area (TPSA) is 90.9 Å². The Balaban J connectivity index is 2.00.